The maximum absolute atomic E-state index is 13.4. The smallest absolute Gasteiger partial charge is 0.167 e. The van der Waals surface area contributed by atoms with Gasteiger partial charge in [0, 0.05) is 31.5 Å². The lowest BCUT2D eigenvalue weighted by Crippen LogP contribution is -2.32. The number of aliphatic hydroxyl groups excluding tert-OH is 2. The lowest BCUT2D eigenvalue weighted by Gasteiger charge is -2.32. The summed E-state index contributed by atoms with van der Waals surface area (Å²) in [5.41, 5.74) is 4.35. The fourth-order valence-corrected chi connectivity index (χ4v) is 5.91. The van der Waals surface area contributed by atoms with Gasteiger partial charge in [-0.3, -0.25) is 14.4 Å². The number of phenols is 1. The summed E-state index contributed by atoms with van der Waals surface area (Å²) in [6, 6.07) is 3.84. The van der Waals surface area contributed by atoms with Gasteiger partial charge in [0.1, 0.15) is 17.3 Å². The number of carbonyl (C=O) groups excluding carboxylic acids is 3. The number of allylic oxidation sites excluding steroid dienone is 7. The molecule has 0 bridgehead atoms. The lowest BCUT2D eigenvalue weighted by atomic mass is 9.72. The maximum atomic E-state index is 13.4. The number of aromatic hydroxyl groups is 1. The molecular weight excluding hydrogens is 518 g/mol. The number of fused-ring (bicyclic) bond motifs is 1. The highest BCUT2D eigenvalue weighted by atomic mass is 16.3. The zero-order chi connectivity index (χ0) is 29.9. The molecule has 4 N–H and O–H groups in total. The van der Waals surface area contributed by atoms with E-state index in [1.54, 1.807) is 6.07 Å². The first-order valence-electron chi connectivity index (χ1n) is 14.7. The molecule has 7 heteroatoms. The molecule has 3 rings (SSSR count). The Balaban J connectivity index is 1.96. The van der Waals surface area contributed by atoms with Gasteiger partial charge in [-0.1, -0.05) is 61.9 Å². The molecule has 0 saturated heterocycles. The van der Waals surface area contributed by atoms with E-state index in [2.05, 4.69) is 43.5 Å². The van der Waals surface area contributed by atoms with Crippen LogP contribution >= 0.6 is 0 Å². The first-order chi connectivity index (χ1) is 19.6. The summed E-state index contributed by atoms with van der Waals surface area (Å²) >= 11 is 0. The van der Waals surface area contributed by atoms with Gasteiger partial charge < -0.3 is 20.6 Å². The van der Waals surface area contributed by atoms with Gasteiger partial charge in [-0.15, -0.1) is 0 Å². The van der Waals surface area contributed by atoms with Gasteiger partial charge in [0.15, 0.2) is 5.78 Å². The summed E-state index contributed by atoms with van der Waals surface area (Å²) in [5, 5.41) is 33.9. The number of Topliss-reactive ketones (excluding diaryl/α,β-unsaturated/α-hetero) is 3. The minimum absolute atomic E-state index is 0.0275. The van der Waals surface area contributed by atoms with Gasteiger partial charge in [0.25, 0.3) is 0 Å². The van der Waals surface area contributed by atoms with Gasteiger partial charge in [-0.05, 0) is 73.6 Å². The van der Waals surface area contributed by atoms with E-state index in [0.717, 1.165) is 29.7 Å². The molecule has 0 radical (unpaired) electrons. The van der Waals surface area contributed by atoms with E-state index in [0.29, 0.717) is 37.3 Å². The molecule has 0 heterocycles. The molecule has 222 valence electrons. The van der Waals surface area contributed by atoms with Crippen molar-refractivity contribution in [3.63, 3.8) is 0 Å². The first-order valence-corrected chi connectivity index (χ1v) is 14.7. The zero-order valence-electron chi connectivity index (χ0n) is 24.6. The molecule has 2 aliphatic carbocycles. The number of phenolic OH excluding ortho intramolecular Hbond substituents is 1. The SMILES string of the molecule is CC(=O)CC(=O)C(CO)C(CCO)CC1CC(=O)c2c(O)ccc(C3=CC=C(CNC(C)C)CC=CC=CC3)c2C1. The molecule has 0 saturated carbocycles. The van der Waals surface area contributed by atoms with Crippen molar-refractivity contribution in [2.75, 3.05) is 19.8 Å². The van der Waals surface area contributed by atoms with Crippen molar-refractivity contribution < 1.29 is 29.7 Å². The van der Waals surface area contributed by atoms with E-state index in [1.165, 1.54) is 12.5 Å². The predicted octanol–water partition coefficient (Wildman–Crippen LogP) is 4.90. The van der Waals surface area contributed by atoms with Crippen molar-refractivity contribution in [2.24, 2.45) is 17.8 Å². The Morgan fingerprint density at radius 1 is 1.05 bits per heavy atom. The summed E-state index contributed by atoms with van der Waals surface area (Å²) in [7, 11) is 0. The number of hydrogen-bond donors (Lipinski definition) is 4. The monoisotopic (exact) mass is 563 g/mol. The molecule has 41 heavy (non-hydrogen) atoms. The number of rotatable bonds is 13. The fraction of sp³-hybridized carbons (Fsp3) is 0.500. The Labute approximate surface area is 243 Å². The number of ketones is 3. The molecular formula is C34H45NO6. The molecule has 0 aromatic heterocycles. The lowest BCUT2D eigenvalue weighted by molar-refractivity contribution is -0.131. The van der Waals surface area contributed by atoms with Crippen molar-refractivity contribution in [2.45, 2.75) is 71.8 Å². The summed E-state index contributed by atoms with van der Waals surface area (Å²) < 4.78 is 0. The third-order valence-corrected chi connectivity index (χ3v) is 7.98. The average Bonchev–Trinajstić information content (AvgIpc) is 2.91. The number of nitrogens with one attached hydrogen (secondary N) is 1. The summed E-state index contributed by atoms with van der Waals surface area (Å²) in [6.07, 6.45) is 15.2. The number of carbonyl (C=O) groups is 3. The predicted molar refractivity (Wildman–Crippen MR) is 162 cm³/mol. The van der Waals surface area contributed by atoms with Crippen molar-refractivity contribution in [1.29, 1.82) is 0 Å². The fourth-order valence-electron chi connectivity index (χ4n) is 5.91. The van der Waals surface area contributed by atoms with Crippen LogP contribution in [0.25, 0.3) is 5.57 Å². The second kappa shape index (κ2) is 15.8. The van der Waals surface area contributed by atoms with Gasteiger partial charge in [0.05, 0.1) is 18.6 Å². The Morgan fingerprint density at radius 2 is 1.78 bits per heavy atom. The van der Waals surface area contributed by atoms with Gasteiger partial charge in [-0.25, -0.2) is 0 Å². The van der Waals surface area contributed by atoms with E-state index in [4.69, 9.17) is 0 Å². The quantitative estimate of drug-likeness (QED) is 0.252. The molecule has 1 aromatic carbocycles. The highest BCUT2D eigenvalue weighted by molar-refractivity contribution is 6.02. The summed E-state index contributed by atoms with van der Waals surface area (Å²) in [6.45, 7) is 5.77. The molecule has 0 aliphatic heterocycles. The van der Waals surface area contributed by atoms with Crippen molar-refractivity contribution in [1.82, 2.24) is 5.32 Å². The van der Waals surface area contributed by atoms with Crippen LogP contribution in [0.5, 0.6) is 5.75 Å². The molecule has 0 spiro atoms. The minimum Gasteiger partial charge on any atom is -0.507 e. The molecule has 1 aromatic rings. The Hall–Kier alpha value is -3.13. The standard InChI is InChI=1S/C34H45NO6/c1-22(2)35-20-24-8-6-4-5-7-9-26(11-10-24)28-12-13-31(39)34-29(28)18-25(19-33(34)41)17-27(14-15-36)30(21-37)32(40)16-23(3)38/h4-7,10-13,22,25,27,30,35-37,39H,8-9,14-21H2,1-3H3. The van der Waals surface area contributed by atoms with Crippen LogP contribution in [0.2, 0.25) is 0 Å². The average molecular weight is 564 g/mol. The second-order valence-electron chi connectivity index (χ2n) is 11.6. The van der Waals surface area contributed by atoms with Crippen molar-refractivity contribution in [3.8, 4) is 5.75 Å². The molecule has 3 atom stereocenters. The molecule has 0 amide bonds. The van der Waals surface area contributed by atoms with Crippen LogP contribution in [0.3, 0.4) is 0 Å². The van der Waals surface area contributed by atoms with Crippen molar-refractivity contribution in [3.05, 3.63) is 70.9 Å². The second-order valence-corrected chi connectivity index (χ2v) is 11.6. The van der Waals surface area contributed by atoms with E-state index in [-0.39, 0.29) is 54.4 Å². The summed E-state index contributed by atoms with van der Waals surface area (Å²) in [5.74, 6) is -2.04. The van der Waals surface area contributed by atoms with E-state index >= 15 is 0 Å². The van der Waals surface area contributed by atoms with Crippen LogP contribution in [-0.2, 0) is 16.0 Å². The van der Waals surface area contributed by atoms with Crippen molar-refractivity contribution >= 4 is 22.9 Å². The van der Waals surface area contributed by atoms with Crippen LogP contribution in [0, 0.1) is 17.8 Å². The maximum Gasteiger partial charge on any atom is 0.167 e. The highest BCUT2D eigenvalue weighted by Gasteiger charge is 2.35. The molecule has 3 unspecified atom stereocenters. The van der Waals surface area contributed by atoms with Crippen LogP contribution in [-0.4, -0.2) is 58.5 Å². The largest absolute Gasteiger partial charge is 0.507 e. The summed E-state index contributed by atoms with van der Waals surface area (Å²) in [4.78, 5) is 37.7. The molecule has 2 aliphatic rings. The third-order valence-electron chi connectivity index (χ3n) is 7.98. The van der Waals surface area contributed by atoms with Crippen LogP contribution in [0.15, 0.2) is 54.2 Å². The zero-order valence-corrected chi connectivity index (χ0v) is 24.6. The Morgan fingerprint density at radius 3 is 2.44 bits per heavy atom. The Kier molecular flexibility index (Phi) is 12.4. The van der Waals surface area contributed by atoms with Crippen LogP contribution in [0.4, 0.5) is 0 Å². The van der Waals surface area contributed by atoms with Crippen LogP contribution < -0.4 is 5.32 Å². The molecule has 0 fully saturated rings. The first kappa shape index (κ1) is 32.4. The van der Waals surface area contributed by atoms with Gasteiger partial charge in [0.2, 0.25) is 0 Å². The van der Waals surface area contributed by atoms with Gasteiger partial charge in [-0.2, -0.15) is 0 Å². The van der Waals surface area contributed by atoms with E-state index in [9.17, 15) is 29.7 Å². The highest BCUT2D eigenvalue weighted by Crippen LogP contribution is 2.40. The number of benzene rings is 1. The van der Waals surface area contributed by atoms with Crippen LogP contribution in [0.1, 0.15) is 80.8 Å². The molecule has 7 nitrogen and oxygen atoms in total. The normalized spacial score (nSPS) is 18.9. The van der Waals surface area contributed by atoms with E-state index in [1.807, 2.05) is 18.2 Å². The third kappa shape index (κ3) is 9.18. The van der Waals surface area contributed by atoms with E-state index < -0.39 is 12.5 Å². The number of aliphatic hydroxyl groups is 2. The topological polar surface area (TPSA) is 124 Å². The minimum atomic E-state index is -0.770. The number of hydrogen-bond acceptors (Lipinski definition) is 7. The Bertz CT molecular complexity index is 1220. The van der Waals surface area contributed by atoms with Gasteiger partial charge >= 0.3 is 0 Å².